The van der Waals surface area contributed by atoms with Crippen LogP contribution in [0.4, 0.5) is 4.39 Å². The van der Waals surface area contributed by atoms with Crippen molar-refractivity contribution < 1.29 is 9.50 Å². The van der Waals surface area contributed by atoms with E-state index >= 15 is 0 Å². The number of benzene rings is 1. The number of aromatic nitrogens is 2. The summed E-state index contributed by atoms with van der Waals surface area (Å²) in [6.45, 7) is 4.45. The fourth-order valence-corrected chi connectivity index (χ4v) is 4.52. The van der Waals surface area contributed by atoms with Crippen LogP contribution in [-0.2, 0) is 0 Å². The van der Waals surface area contributed by atoms with Crippen LogP contribution in [0.25, 0.3) is 5.69 Å². The number of rotatable bonds is 5. The largest absolute Gasteiger partial charge is 0.395 e. The smallest absolute Gasteiger partial charge is 0.170 e. The lowest BCUT2D eigenvalue weighted by Crippen LogP contribution is -2.32. The van der Waals surface area contributed by atoms with Crippen molar-refractivity contribution in [2.45, 2.75) is 25.9 Å². The average Bonchev–Trinajstić information content (AvgIpc) is 3.18. The van der Waals surface area contributed by atoms with E-state index < -0.39 is 0 Å². The molecular formula is C22H23FN4OS. The first-order valence-corrected chi connectivity index (χ1v) is 9.95. The highest BCUT2D eigenvalue weighted by molar-refractivity contribution is 7.80. The number of thiocarbonyl (C=S) groups is 1. The lowest BCUT2D eigenvalue weighted by atomic mass is 9.97. The zero-order valence-electron chi connectivity index (χ0n) is 16.3. The number of pyridine rings is 1. The maximum atomic E-state index is 13.8. The van der Waals surface area contributed by atoms with Gasteiger partial charge in [-0.05, 0) is 68.0 Å². The second-order valence-electron chi connectivity index (χ2n) is 7.19. The molecule has 150 valence electrons. The molecule has 7 heteroatoms. The summed E-state index contributed by atoms with van der Waals surface area (Å²) >= 11 is 5.57. The minimum absolute atomic E-state index is 0.00407. The number of aryl methyl sites for hydroxylation is 1. The normalized spacial score (nSPS) is 18.9. The zero-order chi connectivity index (χ0) is 20.5. The van der Waals surface area contributed by atoms with Crippen molar-refractivity contribution in [3.8, 4) is 5.69 Å². The zero-order valence-corrected chi connectivity index (χ0v) is 17.2. The number of halogens is 1. The first-order valence-electron chi connectivity index (χ1n) is 9.55. The molecular weight excluding hydrogens is 387 g/mol. The Balaban J connectivity index is 1.84. The molecule has 1 aliphatic rings. The van der Waals surface area contributed by atoms with Crippen LogP contribution in [0.3, 0.4) is 0 Å². The van der Waals surface area contributed by atoms with Crippen molar-refractivity contribution >= 4 is 17.3 Å². The monoisotopic (exact) mass is 410 g/mol. The third kappa shape index (κ3) is 3.52. The third-order valence-corrected chi connectivity index (χ3v) is 5.75. The Morgan fingerprint density at radius 2 is 2.00 bits per heavy atom. The van der Waals surface area contributed by atoms with E-state index in [9.17, 15) is 9.50 Å². The molecule has 1 aromatic carbocycles. The molecule has 0 amide bonds. The van der Waals surface area contributed by atoms with Gasteiger partial charge in [-0.25, -0.2) is 4.39 Å². The summed E-state index contributed by atoms with van der Waals surface area (Å²) in [6.07, 6.45) is 1.77. The summed E-state index contributed by atoms with van der Waals surface area (Å²) in [5, 5.41) is 13.6. The highest BCUT2D eigenvalue weighted by atomic mass is 32.1. The van der Waals surface area contributed by atoms with Crippen molar-refractivity contribution in [1.29, 1.82) is 0 Å². The quantitative estimate of drug-likeness (QED) is 0.630. The van der Waals surface area contributed by atoms with Gasteiger partial charge in [0.05, 0.1) is 24.4 Å². The molecule has 2 N–H and O–H groups in total. The highest BCUT2D eigenvalue weighted by Gasteiger charge is 2.41. The third-order valence-electron chi connectivity index (χ3n) is 5.39. The Bertz CT molecular complexity index is 1040. The first-order chi connectivity index (χ1) is 14.0. The summed E-state index contributed by atoms with van der Waals surface area (Å²) in [4.78, 5) is 6.53. The van der Waals surface area contributed by atoms with Crippen LogP contribution in [0.1, 0.15) is 34.7 Å². The van der Waals surface area contributed by atoms with Gasteiger partial charge in [-0.2, -0.15) is 0 Å². The SMILES string of the molecule is Cc1cc([C@H]2[C@H](c3ccccn3)NC(=S)N2CCO)c(C)n1-c1cccc(F)c1. The summed E-state index contributed by atoms with van der Waals surface area (Å²) in [7, 11) is 0. The highest BCUT2D eigenvalue weighted by Crippen LogP contribution is 2.41. The average molecular weight is 411 g/mol. The van der Waals surface area contributed by atoms with Crippen molar-refractivity contribution in [3.63, 3.8) is 0 Å². The number of nitrogens with zero attached hydrogens (tertiary/aromatic N) is 3. The lowest BCUT2D eigenvalue weighted by Gasteiger charge is -2.27. The Labute approximate surface area is 174 Å². The molecule has 0 spiro atoms. The molecule has 1 aliphatic heterocycles. The Morgan fingerprint density at radius 3 is 2.69 bits per heavy atom. The van der Waals surface area contributed by atoms with Gasteiger partial charge in [0.2, 0.25) is 0 Å². The lowest BCUT2D eigenvalue weighted by molar-refractivity contribution is 0.223. The van der Waals surface area contributed by atoms with Gasteiger partial charge in [-0.3, -0.25) is 4.98 Å². The standard InChI is InChI=1S/C22H23FN4OS/c1-14-12-18(15(2)27(14)17-7-5-6-16(23)13-17)21-20(19-8-3-4-9-24-19)25-22(29)26(21)10-11-28/h3-9,12-13,20-21,28H,10-11H2,1-2H3,(H,25,29)/t20-,21-/m0/s1. The number of aliphatic hydroxyl groups excluding tert-OH is 1. The predicted molar refractivity (Wildman–Crippen MR) is 114 cm³/mol. The molecule has 1 saturated heterocycles. The Kier molecular flexibility index (Phi) is 5.34. The van der Waals surface area contributed by atoms with E-state index in [0.29, 0.717) is 11.7 Å². The fourth-order valence-electron chi connectivity index (χ4n) is 4.19. The van der Waals surface area contributed by atoms with E-state index in [4.69, 9.17) is 12.2 Å². The van der Waals surface area contributed by atoms with Crippen LogP contribution in [0.5, 0.6) is 0 Å². The van der Waals surface area contributed by atoms with Gasteiger partial charge in [0.1, 0.15) is 5.82 Å². The number of hydrogen-bond acceptors (Lipinski definition) is 3. The fraction of sp³-hybridized carbons (Fsp3) is 0.273. The summed E-state index contributed by atoms with van der Waals surface area (Å²) in [6, 6.07) is 14.2. The molecule has 0 saturated carbocycles. The van der Waals surface area contributed by atoms with Crippen LogP contribution >= 0.6 is 12.2 Å². The Morgan fingerprint density at radius 1 is 1.17 bits per heavy atom. The van der Waals surface area contributed by atoms with Gasteiger partial charge in [-0.15, -0.1) is 0 Å². The number of nitrogens with one attached hydrogen (secondary N) is 1. The summed E-state index contributed by atoms with van der Waals surface area (Å²) < 4.78 is 15.9. The topological polar surface area (TPSA) is 53.3 Å². The molecule has 3 aromatic rings. The van der Waals surface area contributed by atoms with E-state index in [1.165, 1.54) is 12.1 Å². The van der Waals surface area contributed by atoms with Gasteiger partial charge in [0.25, 0.3) is 0 Å². The van der Waals surface area contributed by atoms with Crippen LogP contribution in [-0.4, -0.2) is 37.8 Å². The van der Waals surface area contributed by atoms with Crippen LogP contribution in [0.2, 0.25) is 0 Å². The van der Waals surface area contributed by atoms with E-state index in [0.717, 1.165) is 28.3 Å². The summed E-state index contributed by atoms with van der Waals surface area (Å²) in [5.74, 6) is -0.270. The molecule has 3 heterocycles. The molecule has 2 atom stereocenters. The van der Waals surface area contributed by atoms with E-state index in [-0.39, 0.29) is 24.5 Å². The number of β-amino-alcohol motifs (C(OH)–C–C–N with tert-alkyl or cyclic N) is 1. The molecule has 2 aromatic heterocycles. The van der Waals surface area contributed by atoms with Gasteiger partial charge < -0.3 is 19.9 Å². The first kappa shape index (κ1) is 19.5. The second kappa shape index (κ2) is 7.93. The molecule has 5 nitrogen and oxygen atoms in total. The van der Waals surface area contributed by atoms with E-state index in [1.807, 2.05) is 47.6 Å². The van der Waals surface area contributed by atoms with Crippen LogP contribution in [0.15, 0.2) is 54.7 Å². The van der Waals surface area contributed by atoms with Crippen molar-refractivity contribution in [3.05, 3.63) is 83.2 Å². The maximum absolute atomic E-state index is 13.8. The Hall–Kier alpha value is -2.77. The maximum Gasteiger partial charge on any atom is 0.170 e. The van der Waals surface area contributed by atoms with Gasteiger partial charge in [-0.1, -0.05) is 12.1 Å². The molecule has 0 radical (unpaired) electrons. The van der Waals surface area contributed by atoms with E-state index in [1.54, 1.807) is 12.3 Å². The number of hydrogen-bond donors (Lipinski definition) is 2. The molecule has 29 heavy (non-hydrogen) atoms. The second-order valence-corrected chi connectivity index (χ2v) is 7.57. The molecule has 1 fully saturated rings. The van der Waals surface area contributed by atoms with Gasteiger partial charge in [0.15, 0.2) is 5.11 Å². The van der Waals surface area contributed by atoms with Crippen LogP contribution < -0.4 is 5.32 Å². The molecule has 0 unspecified atom stereocenters. The number of aliphatic hydroxyl groups is 1. The van der Waals surface area contributed by atoms with Gasteiger partial charge >= 0.3 is 0 Å². The molecule has 4 rings (SSSR count). The predicted octanol–water partition coefficient (Wildman–Crippen LogP) is 3.59. The van der Waals surface area contributed by atoms with Crippen LogP contribution in [0, 0.1) is 19.7 Å². The minimum atomic E-state index is -0.270. The van der Waals surface area contributed by atoms with E-state index in [2.05, 4.69) is 16.4 Å². The molecule has 0 aliphatic carbocycles. The van der Waals surface area contributed by atoms with Crippen molar-refractivity contribution in [2.75, 3.05) is 13.2 Å². The van der Waals surface area contributed by atoms with Gasteiger partial charge in [0, 0.05) is 29.8 Å². The summed E-state index contributed by atoms with van der Waals surface area (Å²) in [5.41, 5.74) is 4.75. The minimum Gasteiger partial charge on any atom is -0.395 e. The molecule has 0 bridgehead atoms. The van der Waals surface area contributed by atoms with Crippen molar-refractivity contribution in [2.24, 2.45) is 0 Å². The van der Waals surface area contributed by atoms with Crippen molar-refractivity contribution in [1.82, 2.24) is 19.8 Å².